The third kappa shape index (κ3) is 3.96. The lowest BCUT2D eigenvalue weighted by molar-refractivity contribution is -0.148. The minimum absolute atomic E-state index is 0.0146. The zero-order chi connectivity index (χ0) is 30.0. The van der Waals surface area contributed by atoms with Crippen molar-refractivity contribution in [2.75, 3.05) is 46.7 Å². The van der Waals surface area contributed by atoms with Crippen molar-refractivity contribution in [2.45, 2.75) is 37.8 Å². The maximum Gasteiger partial charge on any atom is 0.257 e. The summed E-state index contributed by atoms with van der Waals surface area (Å²) in [5.74, 6) is -7.85. The van der Waals surface area contributed by atoms with E-state index in [0.29, 0.717) is 24.2 Å². The first-order chi connectivity index (χ1) is 18.6. The van der Waals surface area contributed by atoms with Gasteiger partial charge in [-0.25, -0.2) is 0 Å². The molecule has 1 aromatic rings. The number of phenols is 1. The number of aromatic hydroxyl groups is 1. The van der Waals surface area contributed by atoms with Crippen molar-refractivity contribution in [3.8, 4) is 5.75 Å². The minimum Gasteiger partial charge on any atom is -0.510 e. The smallest absolute Gasteiger partial charge is 0.257 e. The number of nitrogens with zero attached hydrogens (tertiary/aromatic N) is 3. The number of nitrogens with two attached hydrogens (primary N) is 1. The monoisotopic (exact) mass is 556 g/mol. The highest BCUT2D eigenvalue weighted by Gasteiger charge is 2.63. The summed E-state index contributed by atoms with van der Waals surface area (Å²) in [5, 5.41) is 45.3. The average Bonchev–Trinajstić information content (AvgIpc) is 2.85. The first kappa shape index (κ1) is 29.1. The summed E-state index contributed by atoms with van der Waals surface area (Å²) in [6.07, 6.45) is 0.795. The summed E-state index contributed by atoms with van der Waals surface area (Å²) in [6.45, 7) is 2.31. The van der Waals surface area contributed by atoms with Crippen LogP contribution in [-0.2, 0) is 16.0 Å². The van der Waals surface area contributed by atoms with Gasteiger partial charge in [-0.3, -0.25) is 24.1 Å². The Labute approximate surface area is 232 Å². The van der Waals surface area contributed by atoms with Gasteiger partial charge in [-0.1, -0.05) is 6.92 Å². The number of phenolic OH excluding ortho intramolecular Hbond substituents is 1. The number of amides is 2. The lowest BCUT2D eigenvalue weighted by atomic mass is 9.58. The van der Waals surface area contributed by atoms with Crippen LogP contribution in [0.15, 0.2) is 28.7 Å². The normalized spacial score (nSPS) is 25.9. The average molecular weight is 557 g/mol. The lowest BCUT2D eigenvalue weighted by Gasteiger charge is -2.50. The number of likely N-dealkylation sites (N-methyl/N-ethyl adjacent to an activating group) is 1. The van der Waals surface area contributed by atoms with Crippen LogP contribution >= 0.6 is 0 Å². The van der Waals surface area contributed by atoms with Crippen molar-refractivity contribution in [1.82, 2.24) is 9.80 Å². The zero-order valence-corrected chi connectivity index (χ0v) is 23.5. The first-order valence-corrected chi connectivity index (χ1v) is 13.1. The minimum atomic E-state index is -2.72. The molecule has 0 radical (unpaired) electrons. The van der Waals surface area contributed by atoms with Crippen LogP contribution in [0.4, 0.5) is 5.69 Å². The second-order valence-electron chi connectivity index (χ2n) is 11.2. The number of carbonyl (C=O) groups is 4. The molecule has 0 saturated carbocycles. The molecule has 3 aliphatic rings. The molecule has 0 aliphatic heterocycles. The molecule has 12 heteroatoms. The lowest BCUT2D eigenvalue weighted by Crippen LogP contribution is -2.63. The molecule has 0 fully saturated rings. The molecule has 0 saturated heterocycles. The van der Waals surface area contributed by atoms with Gasteiger partial charge in [0.05, 0.1) is 17.2 Å². The summed E-state index contributed by atoms with van der Waals surface area (Å²) in [7, 11) is 8.20. The Hall–Kier alpha value is -3.90. The van der Waals surface area contributed by atoms with Gasteiger partial charge in [0.15, 0.2) is 11.4 Å². The van der Waals surface area contributed by atoms with E-state index in [9.17, 15) is 39.6 Å². The number of aliphatic hydroxyl groups excluding tert-OH is 2. The van der Waals surface area contributed by atoms with Gasteiger partial charge in [0.1, 0.15) is 22.8 Å². The molecule has 12 nitrogen and oxygen atoms in total. The van der Waals surface area contributed by atoms with Crippen molar-refractivity contribution >= 4 is 29.1 Å². The summed E-state index contributed by atoms with van der Waals surface area (Å²) in [5.41, 5.74) is 2.20. The van der Waals surface area contributed by atoms with Gasteiger partial charge in [-0.05, 0) is 50.9 Å². The van der Waals surface area contributed by atoms with Crippen LogP contribution in [0.1, 0.15) is 46.0 Å². The molecule has 216 valence electrons. The number of anilines is 1. The largest absolute Gasteiger partial charge is 0.510 e. The summed E-state index contributed by atoms with van der Waals surface area (Å²) in [6, 6.07) is 0.464. The highest BCUT2D eigenvalue weighted by Crippen LogP contribution is 2.53. The molecule has 0 spiro atoms. The maximum atomic E-state index is 14.0. The number of aliphatic hydroxyl groups is 3. The predicted octanol–water partition coefficient (Wildman–Crippen LogP) is 0.669. The molecular weight excluding hydrogens is 520 g/mol. The number of hydrogen-bond acceptors (Lipinski definition) is 10. The fraction of sp³-hybridized carbons (Fsp3) is 0.500. The van der Waals surface area contributed by atoms with Gasteiger partial charge in [-0.15, -0.1) is 0 Å². The Balaban J connectivity index is 1.97. The number of primary amides is 1. The Morgan fingerprint density at radius 1 is 1.10 bits per heavy atom. The first-order valence-electron chi connectivity index (χ1n) is 13.1. The quantitative estimate of drug-likeness (QED) is 0.312. The maximum absolute atomic E-state index is 14.0. The molecule has 0 heterocycles. The molecule has 4 rings (SSSR count). The van der Waals surface area contributed by atoms with E-state index in [1.165, 1.54) is 15.9 Å². The second-order valence-corrected chi connectivity index (χ2v) is 11.2. The van der Waals surface area contributed by atoms with E-state index >= 15 is 0 Å². The van der Waals surface area contributed by atoms with Crippen LogP contribution in [0.3, 0.4) is 0 Å². The van der Waals surface area contributed by atoms with Crippen molar-refractivity contribution in [1.29, 1.82) is 0 Å². The Kier molecular flexibility index (Phi) is 7.22. The highest BCUT2D eigenvalue weighted by atomic mass is 16.3. The Morgan fingerprint density at radius 3 is 2.25 bits per heavy atom. The molecule has 3 aliphatic carbocycles. The van der Waals surface area contributed by atoms with Gasteiger partial charge in [0.25, 0.3) is 11.8 Å². The number of fused-ring (bicyclic) bond motifs is 3. The third-order valence-corrected chi connectivity index (χ3v) is 8.32. The van der Waals surface area contributed by atoms with E-state index in [4.69, 9.17) is 5.73 Å². The fourth-order valence-corrected chi connectivity index (χ4v) is 6.50. The van der Waals surface area contributed by atoms with Gasteiger partial charge in [0, 0.05) is 44.9 Å². The molecular formula is C28H36N4O8. The van der Waals surface area contributed by atoms with Gasteiger partial charge in [0.2, 0.25) is 5.78 Å². The predicted molar refractivity (Wildman–Crippen MR) is 145 cm³/mol. The van der Waals surface area contributed by atoms with Crippen LogP contribution in [0.2, 0.25) is 0 Å². The number of Topliss-reactive ketones (excluding diaryl/α,β-unsaturated/α-hetero) is 2. The van der Waals surface area contributed by atoms with Crippen molar-refractivity contribution in [2.24, 2.45) is 17.6 Å². The van der Waals surface area contributed by atoms with Crippen molar-refractivity contribution < 1.29 is 39.6 Å². The number of ketones is 2. The number of carbonyl (C=O) groups excluding carboxylic acids is 4. The third-order valence-electron chi connectivity index (χ3n) is 8.32. The van der Waals surface area contributed by atoms with Gasteiger partial charge in [-0.2, -0.15) is 0 Å². The molecule has 6 N–H and O–H groups in total. The Morgan fingerprint density at radius 2 is 1.73 bits per heavy atom. The number of rotatable bonds is 6. The SMILES string of the molecule is CCCN(C)C(=O)c1cc(N(C)C)c2c(c1O)C(=O)C1=C(O)[C@]3(O)C(=O)C(C(N)=O)=C(O)[C@@H](N(C)C)[C@@H]3C[C@@H]1C2. The summed E-state index contributed by atoms with van der Waals surface area (Å²) in [4.78, 5) is 57.4. The standard InChI is InChI=1S/C28H36N4O8/c1-7-8-32(6)27(39)14-11-16(30(2)3)13-9-12-10-15-20(31(4)5)23(35)19(26(29)38)25(37)28(15,40)24(36)17(12)22(34)18(13)21(14)33/h11-12,15,20,33,35-36,40H,7-10H2,1-6H3,(H2,29,38)/t12-,15-,20-,28-/m0/s1. The second kappa shape index (κ2) is 9.93. The van der Waals surface area contributed by atoms with Crippen LogP contribution in [0, 0.1) is 11.8 Å². The van der Waals surface area contributed by atoms with Crippen molar-refractivity contribution in [3.63, 3.8) is 0 Å². The van der Waals surface area contributed by atoms with Crippen LogP contribution in [0.5, 0.6) is 5.75 Å². The topological polar surface area (TPSA) is 185 Å². The summed E-state index contributed by atoms with van der Waals surface area (Å²) < 4.78 is 0. The molecule has 40 heavy (non-hydrogen) atoms. The van der Waals surface area contributed by atoms with Crippen LogP contribution in [-0.4, -0.2) is 107 Å². The molecule has 0 bridgehead atoms. The zero-order valence-electron chi connectivity index (χ0n) is 23.5. The summed E-state index contributed by atoms with van der Waals surface area (Å²) >= 11 is 0. The van der Waals surface area contributed by atoms with E-state index in [1.54, 1.807) is 40.1 Å². The van der Waals surface area contributed by atoms with E-state index in [1.807, 2.05) is 6.92 Å². The van der Waals surface area contributed by atoms with Crippen molar-refractivity contribution in [3.05, 3.63) is 45.4 Å². The number of hydrogen-bond donors (Lipinski definition) is 5. The molecule has 4 atom stereocenters. The Bertz CT molecular complexity index is 1390. The van der Waals surface area contributed by atoms with E-state index in [-0.39, 0.29) is 29.5 Å². The van der Waals surface area contributed by atoms with Gasteiger partial charge < -0.3 is 36.0 Å². The molecule has 1 aromatic carbocycles. The van der Waals surface area contributed by atoms with E-state index in [2.05, 4.69) is 0 Å². The number of allylic oxidation sites excluding steroid dienone is 1. The molecule has 0 aromatic heterocycles. The van der Waals surface area contributed by atoms with Gasteiger partial charge >= 0.3 is 0 Å². The van der Waals surface area contributed by atoms with E-state index < -0.39 is 69.7 Å². The highest BCUT2D eigenvalue weighted by molar-refractivity contribution is 6.25. The molecule has 2 amide bonds. The number of benzene rings is 1. The van der Waals surface area contributed by atoms with E-state index in [0.717, 1.165) is 0 Å². The van der Waals surface area contributed by atoms with Crippen LogP contribution < -0.4 is 10.6 Å². The molecule has 0 unspecified atom stereocenters. The fourth-order valence-electron chi connectivity index (χ4n) is 6.50. The van der Waals surface area contributed by atoms with Crippen LogP contribution in [0.25, 0.3) is 0 Å².